The number of hydrogen-bond donors (Lipinski definition) is 1. The monoisotopic (exact) mass is 327 g/mol. The van der Waals surface area contributed by atoms with Gasteiger partial charge in [0.25, 0.3) is 5.91 Å². The summed E-state index contributed by atoms with van der Waals surface area (Å²) in [6.45, 7) is 4.96. The molecular weight excluding hydrogens is 306 g/mol. The number of amides is 1. The number of benzene rings is 2. The van der Waals surface area contributed by atoms with Crippen molar-refractivity contribution < 1.29 is 19.1 Å². The van der Waals surface area contributed by atoms with Gasteiger partial charge in [0.15, 0.2) is 0 Å². The molecule has 2 rings (SSSR count). The highest BCUT2D eigenvalue weighted by Crippen LogP contribution is 2.14. The van der Waals surface area contributed by atoms with E-state index in [9.17, 15) is 9.59 Å². The Hall–Kier alpha value is -2.66. The Morgan fingerprint density at radius 1 is 1.00 bits per heavy atom. The van der Waals surface area contributed by atoms with Crippen molar-refractivity contribution in [3.63, 3.8) is 0 Å². The van der Waals surface area contributed by atoms with Gasteiger partial charge in [0.05, 0.1) is 12.2 Å². The average Bonchev–Trinajstić information content (AvgIpc) is 2.59. The Kier molecular flexibility index (Phi) is 6.51. The van der Waals surface area contributed by atoms with Gasteiger partial charge in [-0.05, 0) is 49.7 Å². The van der Waals surface area contributed by atoms with Crippen molar-refractivity contribution in [3.8, 4) is 0 Å². The van der Waals surface area contributed by atoms with Gasteiger partial charge < -0.3 is 14.8 Å². The van der Waals surface area contributed by atoms with Gasteiger partial charge in [-0.25, -0.2) is 4.79 Å². The van der Waals surface area contributed by atoms with Crippen molar-refractivity contribution >= 4 is 17.6 Å². The Morgan fingerprint density at radius 2 is 1.71 bits per heavy atom. The fraction of sp³-hybridized carbons (Fsp3) is 0.263. The summed E-state index contributed by atoms with van der Waals surface area (Å²) in [5.41, 5.74) is 2.58. The third kappa shape index (κ3) is 4.93. The van der Waals surface area contributed by atoms with Crippen LogP contribution in [0.3, 0.4) is 0 Å². The Bertz CT molecular complexity index is 695. The predicted molar refractivity (Wildman–Crippen MR) is 92.3 cm³/mol. The van der Waals surface area contributed by atoms with Gasteiger partial charge in [0.1, 0.15) is 6.61 Å². The van der Waals surface area contributed by atoms with Gasteiger partial charge in [-0.15, -0.1) is 0 Å². The minimum Gasteiger partial charge on any atom is -0.460 e. The van der Waals surface area contributed by atoms with Crippen LogP contribution in [0.5, 0.6) is 0 Å². The van der Waals surface area contributed by atoms with Crippen LogP contribution in [-0.2, 0) is 9.47 Å². The number of aryl methyl sites for hydroxylation is 1. The molecule has 24 heavy (non-hydrogen) atoms. The summed E-state index contributed by atoms with van der Waals surface area (Å²) in [6, 6.07) is 14.0. The highest BCUT2D eigenvalue weighted by Gasteiger charge is 2.10. The van der Waals surface area contributed by atoms with Crippen LogP contribution in [0.1, 0.15) is 33.2 Å². The molecule has 0 unspecified atom stereocenters. The third-order valence-electron chi connectivity index (χ3n) is 3.43. The van der Waals surface area contributed by atoms with E-state index in [-0.39, 0.29) is 12.5 Å². The highest BCUT2D eigenvalue weighted by molar-refractivity contribution is 6.05. The summed E-state index contributed by atoms with van der Waals surface area (Å²) >= 11 is 0. The van der Waals surface area contributed by atoms with Crippen LogP contribution in [0.25, 0.3) is 0 Å². The Labute approximate surface area is 141 Å². The maximum atomic E-state index is 12.2. The first-order valence-corrected chi connectivity index (χ1v) is 7.83. The van der Waals surface area contributed by atoms with Gasteiger partial charge >= 0.3 is 5.97 Å². The number of rotatable bonds is 7. The van der Waals surface area contributed by atoms with Gasteiger partial charge in [-0.1, -0.05) is 18.2 Å². The molecule has 0 fully saturated rings. The molecule has 126 valence electrons. The maximum Gasteiger partial charge on any atom is 0.338 e. The number of carbonyl (C=O) groups is 2. The van der Waals surface area contributed by atoms with E-state index in [4.69, 9.17) is 9.47 Å². The summed E-state index contributed by atoms with van der Waals surface area (Å²) in [5, 5.41) is 2.81. The Balaban J connectivity index is 1.93. The molecule has 1 N–H and O–H groups in total. The summed E-state index contributed by atoms with van der Waals surface area (Å²) in [7, 11) is 0. The van der Waals surface area contributed by atoms with Crippen molar-refractivity contribution in [1.29, 1.82) is 0 Å². The van der Waals surface area contributed by atoms with Crippen molar-refractivity contribution in [2.75, 3.05) is 25.1 Å². The van der Waals surface area contributed by atoms with Crippen LogP contribution >= 0.6 is 0 Å². The fourth-order valence-corrected chi connectivity index (χ4v) is 2.14. The van der Waals surface area contributed by atoms with Crippen molar-refractivity contribution in [2.24, 2.45) is 0 Å². The molecule has 0 aliphatic heterocycles. The summed E-state index contributed by atoms with van der Waals surface area (Å²) in [5.74, 6) is -0.591. The average molecular weight is 327 g/mol. The molecule has 0 aliphatic rings. The van der Waals surface area contributed by atoms with Gasteiger partial charge in [-0.2, -0.15) is 0 Å². The maximum absolute atomic E-state index is 12.2. The zero-order chi connectivity index (χ0) is 17.4. The lowest BCUT2D eigenvalue weighted by Gasteiger charge is -2.08. The molecule has 0 radical (unpaired) electrons. The number of esters is 1. The molecule has 2 aromatic rings. The lowest BCUT2D eigenvalue weighted by Crippen LogP contribution is -2.14. The molecule has 5 heteroatoms. The van der Waals surface area contributed by atoms with E-state index in [0.29, 0.717) is 30.0 Å². The second kappa shape index (κ2) is 8.84. The van der Waals surface area contributed by atoms with E-state index >= 15 is 0 Å². The number of nitrogens with one attached hydrogen (secondary N) is 1. The molecule has 0 aromatic heterocycles. The van der Waals surface area contributed by atoms with Crippen LogP contribution in [0.15, 0.2) is 48.5 Å². The molecule has 5 nitrogen and oxygen atoms in total. The predicted octanol–water partition coefficient (Wildman–Crippen LogP) is 3.44. The van der Waals surface area contributed by atoms with E-state index in [1.807, 2.05) is 32.0 Å². The fourth-order valence-electron chi connectivity index (χ4n) is 2.14. The number of anilines is 1. The number of carbonyl (C=O) groups excluding carboxylic acids is 2. The van der Waals surface area contributed by atoms with Gasteiger partial charge in [-0.3, -0.25) is 4.79 Å². The van der Waals surface area contributed by atoms with E-state index in [1.165, 1.54) is 0 Å². The molecule has 0 spiro atoms. The normalized spacial score (nSPS) is 10.2. The van der Waals surface area contributed by atoms with Gasteiger partial charge in [0.2, 0.25) is 0 Å². The van der Waals surface area contributed by atoms with Crippen molar-refractivity contribution in [3.05, 3.63) is 65.2 Å². The SMILES string of the molecule is CCOCCOC(=O)c1ccc(NC(=O)c2ccccc2C)cc1. The first kappa shape index (κ1) is 17.7. The summed E-state index contributed by atoms with van der Waals surface area (Å²) < 4.78 is 10.2. The topological polar surface area (TPSA) is 64.6 Å². The molecule has 0 heterocycles. The van der Waals surface area contributed by atoms with Crippen molar-refractivity contribution in [1.82, 2.24) is 0 Å². The lowest BCUT2D eigenvalue weighted by atomic mass is 10.1. The summed E-state index contributed by atoms with van der Waals surface area (Å²) in [4.78, 5) is 24.1. The lowest BCUT2D eigenvalue weighted by molar-refractivity contribution is 0.0335. The zero-order valence-corrected chi connectivity index (χ0v) is 13.9. The van der Waals surface area contributed by atoms with E-state index in [1.54, 1.807) is 30.3 Å². The molecule has 0 aliphatic carbocycles. The third-order valence-corrected chi connectivity index (χ3v) is 3.43. The zero-order valence-electron chi connectivity index (χ0n) is 13.9. The van der Waals surface area contributed by atoms with Crippen molar-refractivity contribution in [2.45, 2.75) is 13.8 Å². The highest BCUT2D eigenvalue weighted by atomic mass is 16.6. The van der Waals surface area contributed by atoms with E-state index in [2.05, 4.69) is 5.32 Å². The van der Waals surface area contributed by atoms with Crippen LogP contribution in [0.4, 0.5) is 5.69 Å². The molecular formula is C19H21NO4. The minimum atomic E-state index is -0.411. The molecule has 2 aromatic carbocycles. The largest absolute Gasteiger partial charge is 0.460 e. The molecule has 0 saturated heterocycles. The minimum absolute atomic E-state index is 0.180. The van der Waals surface area contributed by atoms with Crippen LogP contribution in [0.2, 0.25) is 0 Å². The number of ether oxygens (including phenoxy) is 2. The molecule has 0 saturated carbocycles. The molecule has 0 atom stereocenters. The van der Waals surface area contributed by atoms with Crippen LogP contribution in [0, 0.1) is 6.92 Å². The first-order valence-electron chi connectivity index (χ1n) is 7.83. The van der Waals surface area contributed by atoms with Crippen LogP contribution < -0.4 is 5.32 Å². The smallest absolute Gasteiger partial charge is 0.338 e. The Morgan fingerprint density at radius 3 is 2.38 bits per heavy atom. The second-order valence-corrected chi connectivity index (χ2v) is 5.18. The number of hydrogen-bond acceptors (Lipinski definition) is 4. The standard InChI is InChI=1S/C19H21NO4/c1-3-23-12-13-24-19(22)15-8-10-16(11-9-15)20-18(21)17-7-5-4-6-14(17)2/h4-11H,3,12-13H2,1-2H3,(H,20,21). The molecule has 1 amide bonds. The quantitative estimate of drug-likeness (QED) is 0.625. The van der Waals surface area contributed by atoms with E-state index < -0.39 is 5.97 Å². The first-order chi connectivity index (χ1) is 11.6. The molecule has 0 bridgehead atoms. The second-order valence-electron chi connectivity index (χ2n) is 5.18. The van der Waals surface area contributed by atoms with Crippen LogP contribution in [-0.4, -0.2) is 31.7 Å². The summed E-state index contributed by atoms with van der Waals surface area (Å²) in [6.07, 6.45) is 0. The van der Waals surface area contributed by atoms with E-state index in [0.717, 1.165) is 5.56 Å². The van der Waals surface area contributed by atoms with Gasteiger partial charge in [0, 0.05) is 17.9 Å².